The number of methoxy groups -OCH3 is 2. The zero-order chi connectivity index (χ0) is 21.7. The Bertz CT molecular complexity index is 1120. The van der Waals surface area contributed by atoms with Gasteiger partial charge in [0, 0.05) is 24.5 Å². The van der Waals surface area contributed by atoms with Gasteiger partial charge in [0.15, 0.2) is 11.5 Å². The van der Waals surface area contributed by atoms with Crippen molar-refractivity contribution in [3.63, 3.8) is 0 Å². The third-order valence-corrected chi connectivity index (χ3v) is 4.61. The number of rotatable bonds is 8. The number of hydrogen-bond acceptors (Lipinski definition) is 7. The number of phenolic OH excluding ortho intramolecular Hbond substituents is 1. The van der Waals surface area contributed by atoms with E-state index < -0.39 is 6.10 Å². The SMILES string of the molecule is C#COc1c(OC)cc(CNC[C@H](O)c2ccc(O)c3[nH]c(=O)ccc23)cc1OC. The summed E-state index contributed by atoms with van der Waals surface area (Å²) in [4.78, 5) is 14.1. The highest BCUT2D eigenvalue weighted by atomic mass is 16.5. The average Bonchev–Trinajstić information content (AvgIpc) is 2.75. The van der Waals surface area contributed by atoms with Crippen LogP contribution >= 0.6 is 0 Å². The van der Waals surface area contributed by atoms with E-state index in [1.165, 1.54) is 26.4 Å². The van der Waals surface area contributed by atoms with E-state index in [4.69, 9.17) is 20.6 Å². The highest BCUT2D eigenvalue weighted by Crippen LogP contribution is 2.38. The van der Waals surface area contributed by atoms with Crippen LogP contribution in [0.15, 0.2) is 41.2 Å². The van der Waals surface area contributed by atoms with Crippen LogP contribution in [0.2, 0.25) is 0 Å². The summed E-state index contributed by atoms with van der Waals surface area (Å²) in [5, 5.41) is 24.4. The monoisotopic (exact) mass is 410 g/mol. The number of pyridine rings is 1. The highest BCUT2D eigenvalue weighted by molar-refractivity contribution is 5.87. The molecule has 0 spiro atoms. The molecule has 8 heteroatoms. The molecule has 0 saturated heterocycles. The molecular formula is C22H22N2O6. The van der Waals surface area contributed by atoms with E-state index in [2.05, 4.69) is 16.4 Å². The third-order valence-electron chi connectivity index (χ3n) is 4.61. The molecular weight excluding hydrogens is 388 g/mol. The van der Waals surface area contributed by atoms with E-state index in [0.29, 0.717) is 34.7 Å². The van der Waals surface area contributed by atoms with Gasteiger partial charge in [0.1, 0.15) is 11.9 Å². The van der Waals surface area contributed by atoms with Crippen LogP contribution < -0.4 is 25.1 Å². The summed E-state index contributed by atoms with van der Waals surface area (Å²) >= 11 is 0. The number of aliphatic hydroxyl groups excluding tert-OH is 1. The Morgan fingerprint density at radius 1 is 1.17 bits per heavy atom. The molecule has 156 valence electrons. The number of ether oxygens (including phenoxy) is 3. The van der Waals surface area contributed by atoms with Gasteiger partial charge in [-0.05, 0) is 35.4 Å². The summed E-state index contributed by atoms with van der Waals surface area (Å²) in [6.45, 7) is 0.638. The number of aromatic amines is 1. The van der Waals surface area contributed by atoms with Gasteiger partial charge in [-0.25, -0.2) is 0 Å². The maximum Gasteiger partial charge on any atom is 0.248 e. The lowest BCUT2D eigenvalue weighted by Crippen LogP contribution is -2.21. The van der Waals surface area contributed by atoms with Crippen LogP contribution in [-0.4, -0.2) is 36.0 Å². The molecule has 0 aliphatic carbocycles. The molecule has 0 aliphatic rings. The minimum atomic E-state index is -0.869. The summed E-state index contributed by atoms with van der Waals surface area (Å²) in [5.74, 6) is 1.12. The largest absolute Gasteiger partial charge is 0.506 e. The summed E-state index contributed by atoms with van der Waals surface area (Å²) in [7, 11) is 3.00. The predicted molar refractivity (Wildman–Crippen MR) is 112 cm³/mol. The number of aliphatic hydroxyl groups is 1. The van der Waals surface area contributed by atoms with Gasteiger partial charge >= 0.3 is 0 Å². The Kier molecular flexibility index (Phi) is 6.47. The number of benzene rings is 2. The highest BCUT2D eigenvalue weighted by Gasteiger charge is 2.16. The van der Waals surface area contributed by atoms with Gasteiger partial charge in [-0.2, -0.15) is 0 Å². The van der Waals surface area contributed by atoms with Crippen LogP contribution in [0.3, 0.4) is 0 Å². The fourth-order valence-corrected chi connectivity index (χ4v) is 3.21. The predicted octanol–water partition coefficient (Wildman–Crippen LogP) is 2.04. The van der Waals surface area contributed by atoms with E-state index >= 15 is 0 Å². The fourth-order valence-electron chi connectivity index (χ4n) is 3.21. The number of hydrogen-bond donors (Lipinski definition) is 4. The standard InChI is InChI=1S/C22H22N2O6/c1-4-30-22-18(28-2)9-13(10-19(22)29-3)11-23-12-17(26)14-5-7-16(25)21-15(14)6-8-20(27)24-21/h1,5-10,17,23,25-26H,11-12H2,2-3H3,(H,24,27)/t17-/m0/s1. The first-order valence-corrected chi connectivity index (χ1v) is 9.09. The zero-order valence-electron chi connectivity index (χ0n) is 16.6. The first-order chi connectivity index (χ1) is 14.5. The van der Waals surface area contributed by atoms with Crippen LogP contribution in [0.25, 0.3) is 10.9 Å². The Morgan fingerprint density at radius 3 is 2.50 bits per heavy atom. The first-order valence-electron chi connectivity index (χ1n) is 9.09. The molecule has 0 radical (unpaired) electrons. The minimum Gasteiger partial charge on any atom is -0.506 e. The Balaban J connectivity index is 1.76. The molecule has 0 unspecified atom stereocenters. The molecule has 2 aromatic carbocycles. The van der Waals surface area contributed by atoms with Gasteiger partial charge < -0.3 is 34.7 Å². The van der Waals surface area contributed by atoms with Gasteiger partial charge in [0.2, 0.25) is 11.3 Å². The number of nitrogens with one attached hydrogen (secondary N) is 2. The van der Waals surface area contributed by atoms with Gasteiger partial charge in [-0.15, -0.1) is 0 Å². The molecule has 3 aromatic rings. The maximum atomic E-state index is 11.5. The summed E-state index contributed by atoms with van der Waals surface area (Å²) in [5.41, 5.74) is 1.37. The molecule has 0 fully saturated rings. The maximum absolute atomic E-state index is 11.5. The Labute approximate surface area is 173 Å². The van der Waals surface area contributed by atoms with Crippen molar-refractivity contribution >= 4 is 10.9 Å². The first kappa shape index (κ1) is 21.0. The van der Waals surface area contributed by atoms with E-state index in [9.17, 15) is 15.0 Å². The topological polar surface area (TPSA) is 113 Å². The quantitative estimate of drug-likeness (QED) is 0.420. The van der Waals surface area contributed by atoms with Crippen molar-refractivity contribution in [2.75, 3.05) is 20.8 Å². The number of aromatic nitrogens is 1. The van der Waals surface area contributed by atoms with Gasteiger partial charge in [0.25, 0.3) is 0 Å². The molecule has 1 heterocycles. The Hall–Kier alpha value is -3.67. The van der Waals surface area contributed by atoms with E-state index in [0.717, 1.165) is 5.56 Å². The van der Waals surface area contributed by atoms with Crippen LogP contribution in [0.4, 0.5) is 0 Å². The molecule has 0 bridgehead atoms. The second-order valence-electron chi connectivity index (χ2n) is 6.48. The van der Waals surface area contributed by atoms with Crippen molar-refractivity contribution in [3.8, 4) is 35.5 Å². The lowest BCUT2D eigenvalue weighted by Gasteiger charge is -2.16. The number of phenols is 1. The number of fused-ring (bicyclic) bond motifs is 1. The second kappa shape index (κ2) is 9.22. The average molecular weight is 410 g/mol. The third kappa shape index (κ3) is 4.33. The van der Waals surface area contributed by atoms with Crippen LogP contribution in [-0.2, 0) is 6.54 Å². The van der Waals surface area contributed by atoms with Crippen molar-refractivity contribution in [2.45, 2.75) is 12.6 Å². The van der Waals surface area contributed by atoms with Crippen LogP contribution in [0.1, 0.15) is 17.2 Å². The van der Waals surface area contributed by atoms with Gasteiger partial charge in [-0.1, -0.05) is 12.5 Å². The smallest absolute Gasteiger partial charge is 0.248 e. The molecule has 30 heavy (non-hydrogen) atoms. The van der Waals surface area contributed by atoms with Crippen molar-refractivity contribution < 1.29 is 24.4 Å². The molecule has 0 saturated carbocycles. The van der Waals surface area contributed by atoms with Gasteiger partial charge in [-0.3, -0.25) is 4.79 Å². The Morgan fingerprint density at radius 2 is 1.87 bits per heavy atom. The molecule has 4 N–H and O–H groups in total. The number of H-pyrrole nitrogens is 1. The van der Waals surface area contributed by atoms with Crippen molar-refractivity contribution in [1.82, 2.24) is 10.3 Å². The summed E-state index contributed by atoms with van der Waals surface area (Å²) in [6, 6.07) is 9.51. The normalized spacial score (nSPS) is 11.7. The number of aromatic hydroxyl groups is 1. The molecule has 0 amide bonds. The minimum absolute atomic E-state index is 0.0555. The van der Waals surface area contributed by atoms with Gasteiger partial charge in [0.05, 0.1) is 25.8 Å². The molecule has 1 atom stereocenters. The molecule has 3 rings (SSSR count). The number of terminal acetylenes is 1. The van der Waals surface area contributed by atoms with E-state index in [1.807, 2.05) is 0 Å². The van der Waals surface area contributed by atoms with Crippen LogP contribution in [0, 0.1) is 12.5 Å². The lowest BCUT2D eigenvalue weighted by molar-refractivity contribution is 0.176. The van der Waals surface area contributed by atoms with Crippen molar-refractivity contribution in [2.24, 2.45) is 0 Å². The summed E-state index contributed by atoms with van der Waals surface area (Å²) < 4.78 is 15.8. The molecule has 0 aliphatic heterocycles. The lowest BCUT2D eigenvalue weighted by atomic mass is 10.0. The fraction of sp³-hybridized carbons (Fsp3) is 0.227. The van der Waals surface area contributed by atoms with E-state index in [-0.39, 0.29) is 23.4 Å². The molecule has 8 nitrogen and oxygen atoms in total. The molecule has 1 aromatic heterocycles. The van der Waals surface area contributed by atoms with Crippen molar-refractivity contribution in [3.05, 3.63) is 57.9 Å². The van der Waals surface area contributed by atoms with E-state index in [1.54, 1.807) is 24.3 Å². The second-order valence-corrected chi connectivity index (χ2v) is 6.48. The zero-order valence-corrected chi connectivity index (χ0v) is 16.6. The summed E-state index contributed by atoms with van der Waals surface area (Å²) in [6.07, 6.45) is 6.45. The van der Waals surface area contributed by atoms with Crippen molar-refractivity contribution in [1.29, 1.82) is 0 Å². The van der Waals surface area contributed by atoms with Crippen LogP contribution in [0.5, 0.6) is 23.0 Å².